The minimum atomic E-state index is -0.160. The highest BCUT2D eigenvalue weighted by Crippen LogP contribution is 2.15. The van der Waals surface area contributed by atoms with Crippen molar-refractivity contribution in [1.29, 1.82) is 0 Å². The molecule has 2 rings (SSSR count). The number of nitrogens with one attached hydrogen (secondary N) is 1. The molecule has 0 aliphatic carbocycles. The number of amides is 1. The van der Waals surface area contributed by atoms with Gasteiger partial charge >= 0.3 is 0 Å². The van der Waals surface area contributed by atoms with Crippen molar-refractivity contribution in [3.8, 4) is 5.75 Å². The molecule has 0 spiro atoms. The number of halogens is 2. The first-order chi connectivity index (χ1) is 10.1. The standard InChI is InChI=1S/C16H15Cl2NO2/c17-13-4-6-15(7-5-13)21-11-16(20)19-9-8-12-2-1-3-14(18)10-12/h1-7,10H,8-9,11H2,(H,19,20). The summed E-state index contributed by atoms with van der Waals surface area (Å²) in [5.41, 5.74) is 1.08. The Morgan fingerprint density at radius 3 is 2.52 bits per heavy atom. The molecule has 0 aromatic heterocycles. The molecule has 0 bridgehead atoms. The van der Waals surface area contributed by atoms with Gasteiger partial charge in [-0.15, -0.1) is 0 Å². The van der Waals surface area contributed by atoms with Gasteiger partial charge in [0.1, 0.15) is 5.75 Å². The van der Waals surface area contributed by atoms with Crippen molar-refractivity contribution in [1.82, 2.24) is 5.32 Å². The molecule has 0 saturated heterocycles. The number of carbonyl (C=O) groups is 1. The van der Waals surface area contributed by atoms with E-state index in [1.165, 1.54) is 0 Å². The van der Waals surface area contributed by atoms with Crippen LogP contribution < -0.4 is 10.1 Å². The molecule has 0 unspecified atom stereocenters. The van der Waals surface area contributed by atoms with E-state index in [0.717, 1.165) is 12.0 Å². The molecule has 110 valence electrons. The third-order valence-electron chi connectivity index (χ3n) is 2.81. The van der Waals surface area contributed by atoms with E-state index in [0.29, 0.717) is 22.3 Å². The van der Waals surface area contributed by atoms with Gasteiger partial charge < -0.3 is 10.1 Å². The molecule has 2 aromatic rings. The molecule has 0 saturated carbocycles. The summed E-state index contributed by atoms with van der Waals surface area (Å²) in [4.78, 5) is 11.7. The van der Waals surface area contributed by atoms with Crippen LogP contribution in [0.3, 0.4) is 0 Å². The quantitative estimate of drug-likeness (QED) is 0.879. The second kappa shape index (κ2) is 7.91. The van der Waals surface area contributed by atoms with Crippen LogP contribution in [-0.2, 0) is 11.2 Å². The highest BCUT2D eigenvalue weighted by atomic mass is 35.5. The summed E-state index contributed by atoms with van der Waals surface area (Å²) < 4.78 is 5.35. The van der Waals surface area contributed by atoms with Gasteiger partial charge in [-0.3, -0.25) is 4.79 Å². The fourth-order valence-electron chi connectivity index (χ4n) is 1.77. The van der Waals surface area contributed by atoms with Crippen molar-refractivity contribution in [3.05, 3.63) is 64.1 Å². The Balaban J connectivity index is 1.69. The van der Waals surface area contributed by atoms with Gasteiger partial charge in [0.2, 0.25) is 0 Å². The summed E-state index contributed by atoms with van der Waals surface area (Å²) in [5, 5.41) is 4.13. The lowest BCUT2D eigenvalue weighted by molar-refractivity contribution is -0.123. The Morgan fingerprint density at radius 1 is 1.05 bits per heavy atom. The average Bonchev–Trinajstić information content (AvgIpc) is 2.47. The zero-order valence-electron chi connectivity index (χ0n) is 11.3. The van der Waals surface area contributed by atoms with Crippen molar-refractivity contribution >= 4 is 29.1 Å². The molecule has 0 fully saturated rings. The fraction of sp³-hybridized carbons (Fsp3) is 0.188. The summed E-state index contributed by atoms with van der Waals surface area (Å²) in [5.74, 6) is 0.455. The second-order valence-corrected chi connectivity index (χ2v) is 5.35. The molecule has 0 aliphatic rings. The van der Waals surface area contributed by atoms with Crippen molar-refractivity contribution in [3.63, 3.8) is 0 Å². The number of hydrogen-bond acceptors (Lipinski definition) is 2. The zero-order valence-corrected chi connectivity index (χ0v) is 12.8. The largest absolute Gasteiger partial charge is 0.484 e. The molecule has 1 N–H and O–H groups in total. The Morgan fingerprint density at radius 2 is 1.81 bits per heavy atom. The van der Waals surface area contributed by atoms with E-state index in [2.05, 4.69) is 5.32 Å². The molecule has 0 aliphatic heterocycles. The van der Waals surface area contributed by atoms with E-state index in [9.17, 15) is 4.79 Å². The minimum Gasteiger partial charge on any atom is -0.484 e. The summed E-state index contributed by atoms with van der Waals surface area (Å²) in [7, 11) is 0. The maximum Gasteiger partial charge on any atom is 0.257 e. The third-order valence-corrected chi connectivity index (χ3v) is 3.30. The van der Waals surface area contributed by atoms with Crippen LogP contribution in [0.25, 0.3) is 0 Å². The minimum absolute atomic E-state index is 0.0167. The Bertz CT molecular complexity index is 599. The first-order valence-electron chi connectivity index (χ1n) is 6.53. The lowest BCUT2D eigenvalue weighted by Gasteiger charge is -2.08. The predicted octanol–water partition coefficient (Wildman–Crippen LogP) is 3.73. The maximum atomic E-state index is 11.7. The van der Waals surface area contributed by atoms with Gasteiger partial charge in [-0.2, -0.15) is 0 Å². The normalized spacial score (nSPS) is 10.2. The number of benzene rings is 2. The highest BCUT2D eigenvalue weighted by molar-refractivity contribution is 6.30. The SMILES string of the molecule is O=C(COc1ccc(Cl)cc1)NCCc1cccc(Cl)c1. The van der Waals surface area contributed by atoms with Crippen molar-refractivity contribution in [2.45, 2.75) is 6.42 Å². The van der Waals surface area contributed by atoms with Crippen molar-refractivity contribution in [2.75, 3.05) is 13.2 Å². The van der Waals surface area contributed by atoms with E-state index in [4.69, 9.17) is 27.9 Å². The smallest absolute Gasteiger partial charge is 0.257 e. The molecular formula is C16H15Cl2NO2. The summed E-state index contributed by atoms with van der Waals surface area (Å²) in [6, 6.07) is 14.5. The van der Waals surface area contributed by atoms with Crippen LogP contribution in [0.5, 0.6) is 5.75 Å². The molecule has 0 radical (unpaired) electrons. The molecule has 2 aromatic carbocycles. The molecule has 21 heavy (non-hydrogen) atoms. The molecule has 1 amide bonds. The van der Waals surface area contributed by atoms with Crippen LogP contribution in [-0.4, -0.2) is 19.1 Å². The molecule has 3 nitrogen and oxygen atoms in total. The fourth-order valence-corrected chi connectivity index (χ4v) is 2.11. The molecule has 0 atom stereocenters. The Kier molecular flexibility index (Phi) is 5.90. The topological polar surface area (TPSA) is 38.3 Å². The second-order valence-electron chi connectivity index (χ2n) is 4.47. The molecular weight excluding hydrogens is 309 g/mol. The lowest BCUT2D eigenvalue weighted by atomic mass is 10.1. The van der Waals surface area contributed by atoms with Crippen LogP contribution >= 0.6 is 23.2 Å². The van der Waals surface area contributed by atoms with Crippen LogP contribution in [0.4, 0.5) is 0 Å². The van der Waals surface area contributed by atoms with Gasteiger partial charge in [0.25, 0.3) is 5.91 Å². The van der Waals surface area contributed by atoms with E-state index in [1.54, 1.807) is 24.3 Å². The first-order valence-corrected chi connectivity index (χ1v) is 7.28. The summed E-state index contributed by atoms with van der Waals surface area (Å²) in [6.45, 7) is 0.528. The van der Waals surface area contributed by atoms with Gasteiger partial charge in [0.15, 0.2) is 6.61 Å². The van der Waals surface area contributed by atoms with Gasteiger partial charge in [-0.05, 0) is 48.4 Å². The van der Waals surface area contributed by atoms with E-state index in [-0.39, 0.29) is 12.5 Å². The highest BCUT2D eigenvalue weighted by Gasteiger charge is 2.03. The van der Waals surface area contributed by atoms with E-state index >= 15 is 0 Å². The number of rotatable bonds is 6. The molecule has 5 heteroatoms. The Labute approximate surface area is 133 Å². The number of hydrogen-bond donors (Lipinski definition) is 1. The first kappa shape index (κ1) is 15.7. The van der Waals surface area contributed by atoms with Crippen LogP contribution in [0.1, 0.15) is 5.56 Å². The monoisotopic (exact) mass is 323 g/mol. The van der Waals surface area contributed by atoms with E-state index < -0.39 is 0 Å². The van der Waals surface area contributed by atoms with Crippen molar-refractivity contribution in [2.24, 2.45) is 0 Å². The predicted molar refractivity (Wildman–Crippen MR) is 85.1 cm³/mol. The lowest BCUT2D eigenvalue weighted by Crippen LogP contribution is -2.30. The summed E-state index contributed by atoms with van der Waals surface area (Å²) in [6.07, 6.45) is 0.729. The van der Waals surface area contributed by atoms with Gasteiger partial charge in [0.05, 0.1) is 0 Å². The summed E-state index contributed by atoms with van der Waals surface area (Å²) >= 11 is 11.7. The average molecular weight is 324 g/mol. The van der Waals surface area contributed by atoms with Crippen LogP contribution in [0.15, 0.2) is 48.5 Å². The Hall–Kier alpha value is -1.71. The molecule has 0 heterocycles. The van der Waals surface area contributed by atoms with E-state index in [1.807, 2.05) is 24.3 Å². The van der Waals surface area contributed by atoms with Gasteiger partial charge in [-0.1, -0.05) is 35.3 Å². The zero-order chi connectivity index (χ0) is 15.1. The number of carbonyl (C=O) groups excluding carboxylic acids is 1. The third kappa shape index (κ3) is 5.66. The maximum absolute atomic E-state index is 11.7. The van der Waals surface area contributed by atoms with Gasteiger partial charge in [0, 0.05) is 16.6 Å². The van der Waals surface area contributed by atoms with Crippen molar-refractivity contribution < 1.29 is 9.53 Å². The van der Waals surface area contributed by atoms with Crippen LogP contribution in [0, 0.1) is 0 Å². The van der Waals surface area contributed by atoms with Crippen LogP contribution in [0.2, 0.25) is 10.0 Å². The number of ether oxygens (including phenoxy) is 1. The van der Waals surface area contributed by atoms with Gasteiger partial charge in [-0.25, -0.2) is 0 Å².